The van der Waals surface area contributed by atoms with Gasteiger partial charge in [0.25, 0.3) is 5.91 Å². The van der Waals surface area contributed by atoms with Crippen molar-refractivity contribution in [3.8, 4) is 0 Å². The first kappa shape index (κ1) is 15.5. The summed E-state index contributed by atoms with van der Waals surface area (Å²) < 4.78 is 5.49. The first-order valence-electron chi connectivity index (χ1n) is 7.19. The molecular formula is C16H21NO4. The Kier molecular flexibility index (Phi) is 4.63. The second-order valence-electron chi connectivity index (χ2n) is 5.55. The van der Waals surface area contributed by atoms with Crippen molar-refractivity contribution in [2.45, 2.75) is 44.6 Å². The largest absolute Gasteiger partial charge is 0.478 e. The van der Waals surface area contributed by atoms with Crippen LogP contribution in [0.15, 0.2) is 18.2 Å². The number of carboxylic acids is 1. The zero-order valence-electron chi connectivity index (χ0n) is 12.4. The Morgan fingerprint density at radius 2 is 1.90 bits per heavy atom. The molecule has 1 saturated carbocycles. The fraction of sp³-hybridized carbons (Fsp3) is 0.500. The van der Waals surface area contributed by atoms with Gasteiger partial charge in [0.05, 0.1) is 5.56 Å². The standard InChI is InChI=1S/C16H21NO4/c1-11-6-7-12(10-13(11)14(18)19)17-15(20)16(21-2)8-4-3-5-9-16/h6-7,10H,3-5,8-9H2,1-2H3,(H,17,20)(H,18,19). The third kappa shape index (κ3) is 3.24. The van der Waals surface area contributed by atoms with Crippen LogP contribution in [-0.4, -0.2) is 29.7 Å². The van der Waals surface area contributed by atoms with Crippen molar-refractivity contribution < 1.29 is 19.4 Å². The van der Waals surface area contributed by atoms with E-state index < -0.39 is 11.6 Å². The maximum atomic E-state index is 12.5. The smallest absolute Gasteiger partial charge is 0.336 e. The van der Waals surface area contributed by atoms with Crippen LogP contribution in [0.5, 0.6) is 0 Å². The van der Waals surface area contributed by atoms with Gasteiger partial charge in [-0.1, -0.05) is 25.3 Å². The van der Waals surface area contributed by atoms with Crippen molar-refractivity contribution in [1.82, 2.24) is 0 Å². The van der Waals surface area contributed by atoms with Gasteiger partial charge in [0, 0.05) is 12.8 Å². The van der Waals surface area contributed by atoms with E-state index in [9.17, 15) is 9.59 Å². The number of hydrogen-bond donors (Lipinski definition) is 2. The molecule has 1 aromatic carbocycles. The number of rotatable bonds is 4. The van der Waals surface area contributed by atoms with Crippen LogP contribution in [0.25, 0.3) is 0 Å². The number of carboxylic acid groups (broad SMARTS) is 1. The first-order chi connectivity index (χ1) is 9.98. The number of hydrogen-bond acceptors (Lipinski definition) is 3. The Bertz CT molecular complexity index is 547. The van der Waals surface area contributed by atoms with Crippen LogP contribution in [-0.2, 0) is 9.53 Å². The van der Waals surface area contributed by atoms with Crippen LogP contribution in [0.1, 0.15) is 48.0 Å². The van der Waals surface area contributed by atoms with Crippen LogP contribution in [0.2, 0.25) is 0 Å². The van der Waals surface area contributed by atoms with Gasteiger partial charge in [-0.05, 0) is 37.5 Å². The molecule has 1 aliphatic rings. The van der Waals surface area contributed by atoms with Crippen LogP contribution < -0.4 is 5.32 Å². The van der Waals surface area contributed by atoms with Gasteiger partial charge in [-0.2, -0.15) is 0 Å². The summed E-state index contributed by atoms with van der Waals surface area (Å²) in [6.45, 7) is 1.73. The number of anilines is 1. The number of carbonyl (C=O) groups excluding carboxylic acids is 1. The number of benzene rings is 1. The van der Waals surface area contributed by atoms with Crippen molar-refractivity contribution >= 4 is 17.6 Å². The third-order valence-electron chi connectivity index (χ3n) is 4.19. The lowest BCUT2D eigenvalue weighted by Gasteiger charge is -2.34. The second-order valence-corrected chi connectivity index (χ2v) is 5.55. The Morgan fingerprint density at radius 1 is 1.24 bits per heavy atom. The average Bonchev–Trinajstić information content (AvgIpc) is 2.49. The van der Waals surface area contributed by atoms with Gasteiger partial charge >= 0.3 is 5.97 Å². The van der Waals surface area contributed by atoms with E-state index in [2.05, 4.69) is 5.32 Å². The van der Waals surface area contributed by atoms with Crippen molar-refractivity contribution in [3.63, 3.8) is 0 Å². The van der Waals surface area contributed by atoms with Crippen molar-refractivity contribution in [1.29, 1.82) is 0 Å². The van der Waals surface area contributed by atoms with Crippen LogP contribution in [0, 0.1) is 6.92 Å². The Hall–Kier alpha value is -1.88. The maximum absolute atomic E-state index is 12.5. The Balaban J connectivity index is 2.19. The molecule has 0 atom stereocenters. The highest BCUT2D eigenvalue weighted by Gasteiger charge is 2.39. The molecule has 0 saturated heterocycles. The lowest BCUT2D eigenvalue weighted by atomic mass is 9.84. The number of methoxy groups -OCH3 is 1. The lowest BCUT2D eigenvalue weighted by molar-refractivity contribution is -0.141. The number of carbonyl (C=O) groups is 2. The topological polar surface area (TPSA) is 75.6 Å². The summed E-state index contributed by atoms with van der Waals surface area (Å²) in [7, 11) is 1.56. The molecule has 2 rings (SSSR count). The molecule has 0 heterocycles. The van der Waals surface area contributed by atoms with Gasteiger partial charge in [-0.3, -0.25) is 4.79 Å². The summed E-state index contributed by atoms with van der Waals surface area (Å²) in [5, 5.41) is 11.9. The van der Waals surface area contributed by atoms with Gasteiger partial charge < -0.3 is 15.2 Å². The molecule has 5 heteroatoms. The highest BCUT2D eigenvalue weighted by atomic mass is 16.5. The summed E-state index contributed by atoms with van der Waals surface area (Å²) in [4.78, 5) is 23.6. The van der Waals surface area contributed by atoms with E-state index in [-0.39, 0.29) is 11.5 Å². The number of aromatic carboxylic acids is 1. The average molecular weight is 291 g/mol. The molecule has 1 amide bonds. The molecule has 0 aromatic heterocycles. The molecule has 0 radical (unpaired) electrons. The van der Waals surface area contributed by atoms with E-state index in [1.807, 2.05) is 0 Å². The molecule has 1 aromatic rings. The molecule has 21 heavy (non-hydrogen) atoms. The maximum Gasteiger partial charge on any atom is 0.336 e. The first-order valence-corrected chi connectivity index (χ1v) is 7.19. The highest BCUT2D eigenvalue weighted by molar-refractivity contribution is 5.99. The second kappa shape index (κ2) is 6.26. The van der Waals surface area contributed by atoms with Gasteiger partial charge in [0.15, 0.2) is 0 Å². The van der Waals surface area contributed by atoms with Gasteiger partial charge in [-0.15, -0.1) is 0 Å². The molecule has 0 aliphatic heterocycles. The van der Waals surface area contributed by atoms with Gasteiger partial charge in [-0.25, -0.2) is 4.79 Å². The minimum atomic E-state index is -0.997. The number of ether oxygens (including phenoxy) is 1. The van der Waals surface area contributed by atoms with Crippen molar-refractivity contribution in [3.05, 3.63) is 29.3 Å². The SMILES string of the molecule is COC1(C(=O)Nc2ccc(C)c(C(=O)O)c2)CCCCC1. The third-order valence-corrected chi connectivity index (χ3v) is 4.19. The minimum Gasteiger partial charge on any atom is -0.478 e. The van der Waals surface area contributed by atoms with Crippen LogP contribution >= 0.6 is 0 Å². The molecule has 0 unspecified atom stereocenters. The normalized spacial score (nSPS) is 17.2. The summed E-state index contributed by atoms with van der Waals surface area (Å²) in [6, 6.07) is 4.90. The fourth-order valence-corrected chi connectivity index (χ4v) is 2.82. The molecule has 0 spiro atoms. The van der Waals surface area contributed by atoms with E-state index in [0.717, 1.165) is 19.3 Å². The van der Waals surface area contributed by atoms with Gasteiger partial charge in [0.1, 0.15) is 5.60 Å². The zero-order chi connectivity index (χ0) is 15.5. The molecule has 1 fully saturated rings. The van der Waals surface area contributed by atoms with E-state index in [4.69, 9.17) is 9.84 Å². The lowest BCUT2D eigenvalue weighted by Crippen LogP contribution is -2.46. The highest BCUT2D eigenvalue weighted by Crippen LogP contribution is 2.32. The van der Waals surface area contributed by atoms with Crippen molar-refractivity contribution in [2.24, 2.45) is 0 Å². The van der Waals surface area contributed by atoms with Crippen molar-refractivity contribution in [2.75, 3.05) is 12.4 Å². The predicted molar refractivity (Wildman–Crippen MR) is 79.6 cm³/mol. The van der Waals surface area contributed by atoms with Crippen LogP contribution in [0.4, 0.5) is 5.69 Å². The quantitative estimate of drug-likeness (QED) is 0.894. The zero-order valence-corrected chi connectivity index (χ0v) is 12.4. The fourth-order valence-electron chi connectivity index (χ4n) is 2.82. The summed E-state index contributed by atoms with van der Waals surface area (Å²) >= 11 is 0. The van der Waals surface area contributed by atoms with E-state index in [1.54, 1.807) is 26.2 Å². The monoisotopic (exact) mass is 291 g/mol. The minimum absolute atomic E-state index is 0.190. The molecule has 114 valence electrons. The van der Waals surface area contributed by atoms with E-state index >= 15 is 0 Å². The molecule has 0 bridgehead atoms. The van der Waals surface area contributed by atoms with Gasteiger partial charge in [0.2, 0.25) is 0 Å². The molecule has 2 N–H and O–H groups in total. The van der Waals surface area contributed by atoms with Crippen LogP contribution in [0.3, 0.4) is 0 Å². The molecular weight excluding hydrogens is 270 g/mol. The number of nitrogens with one attached hydrogen (secondary N) is 1. The van der Waals surface area contributed by atoms with E-state index in [1.165, 1.54) is 6.07 Å². The molecule has 1 aliphatic carbocycles. The predicted octanol–water partition coefficient (Wildman–Crippen LogP) is 2.98. The molecule has 5 nitrogen and oxygen atoms in total. The number of aryl methyl sites for hydroxylation is 1. The Labute approximate surface area is 124 Å². The summed E-state index contributed by atoms with van der Waals surface area (Å²) in [6.07, 6.45) is 4.46. The Morgan fingerprint density at radius 3 is 2.48 bits per heavy atom. The number of amides is 1. The van der Waals surface area contributed by atoms with E-state index in [0.29, 0.717) is 24.1 Å². The summed E-state index contributed by atoms with van der Waals surface area (Å²) in [5.74, 6) is -1.19. The summed E-state index contributed by atoms with van der Waals surface area (Å²) in [5.41, 5.74) is 0.569.